The van der Waals surface area contributed by atoms with Crippen LogP contribution in [0.25, 0.3) is 0 Å². The van der Waals surface area contributed by atoms with Crippen LogP contribution in [-0.4, -0.2) is 32.7 Å². The van der Waals surface area contributed by atoms with Crippen molar-refractivity contribution in [3.8, 4) is 0 Å². The molecule has 0 aliphatic carbocycles. The van der Waals surface area contributed by atoms with Crippen molar-refractivity contribution in [3.63, 3.8) is 0 Å². The molecule has 1 N–H and O–H groups in total. The minimum absolute atomic E-state index is 0.0257. The Morgan fingerprint density at radius 3 is 2.42 bits per heavy atom. The zero-order chi connectivity index (χ0) is 18.1. The monoisotopic (exact) mass is 370 g/mol. The van der Waals surface area contributed by atoms with Crippen LogP contribution in [-0.2, 0) is 10.0 Å². The molecule has 2 aromatic rings. The van der Waals surface area contributed by atoms with E-state index in [1.54, 1.807) is 13.0 Å². The molecule has 0 radical (unpaired) electrons. The quantitative estimate of drug-likeness (QED) is 0.898. The van der Waals surface area contributed by atoms with Gasteiger partial charge in [-0.1, -0.05) is 17.7 Å². The standard InChI is InChI=1S/C16H16ClFN2O3S/c1-10-4-6-12(24(22,23)20(2)3)9-15(10)19-16(21)13-7-5-11(18)8-14(13)17/h4-9H,1-3H3,(H,19,21). The highest BCUT2D eigenvalue weighted by molar-refractivity contribution is 7.89. The SMILES string of the molecule is Cc1ccc(S(=O)(=O)N(C)C)cc1NC(=O)c1ccc(F)cc1Cl. The Morgan fingerprint density at radius 1 is 1.17 bits per heavy atom. The van der Waals surface area contributed by atoms with Gasteiger partial charge < -0.3 is 5.32 Å². The van der Waals surface area contributed by atoms with Crippen LogP contribution in [0, 0.1) is 12.7 Å². The van der Waals surface area contributed by atoms with Crippen molar-refractivity contribution in [3.05, 3.63) is 58.4 Å². The lowest BCUT2D eigenvalue weighted by Crippen LogP contribution is -2.22. The molecule has 0 fully saturated rings. The molecule has 0 aromatic heterocycles. The predicted molar refractivity (Wildman–Crippen MR) is 91.4 cm³/mol. The van der Waals surface area contributed by atoms with Crippen LogP contribution in [0.3, 0.4) is 0 Å². The number of carbonyl (C=O) groups is 1. The second kappa shape index (κ2) is 6.88. The Bertz CT molecular complexity index is 898. The smallest absolute Gasteiger partial charge is 0.257 e. The van der Waals surface area contributed by atoms with E-state index in [1.165, 1.54) is 32.3 Å². The number of nitrogens with zero attached hydrogens (tertiary/aromatic N) is 1. The van der Waals surface area contributed by atoms with E-state index in [-0.39, 0.29) is 15.5 Å². The third-order valence-electron chi connectivity index (χ3n) is 3.41. The number of amides is 1. The fourth-order valence-electron chi connectivity index (χ4n) is 1.97. The lowest BCUT2D eigenvalue weighted by Gasteiger charge is -2.14. The van der Waals surface area contributed by atoms with E-state index < -0.39 is 21.7 Å². The number of nitrogens with one attached hydrogen (secondary N) is 1. The summed E-state index contributed by atoms with van der Waals surface area (Å²) >= 11 is 5.87. The molecule has 1 amide bonds. The highest BCUT2D eigenvalue weighted by Crippen LogP contribution is 2.24. The maximum atomic E-state index is 13.1. The number of anilines is 1. The molecular weight excluding hydrogens is 355 g/mol. The average molecular weight is 371 g/mol. The summed E-state index contributed by atoms with van der Waals surface area (Å²) in [4.78, 5) is 12.4. The first kappa shape index (κ1) is 18.4. The molecular formula is C16H16ClFN2O3S. The maximum absolute atomic E-state index is 13.1. The minimum Gasteiger partial charge on any atom is -0.322 e. The molecule has 0 bridgehead atoms. The van der Waals surface area contributed by atoms with E-state index in [4.69, 9.17) is 11.6 Å². The van der Waals surface area contributed by atoms with Crippen LogP contribution in [0.4, 0.5) is 10.1 Å². The molecule has 128 valence electrons. The number of hydrogen-bond donors (Lipinski definition) is 1. The van der Waals surface area contributed by atoms with Crippen molar-refractivity contribution < 1.29 is 17.6 Å². The summed E-state index contributed by atoms with van der Waals surface area (Å²) in [6.07, 6.45) is 0. The van der Waals surface area contributed by atoms with Crippen molar-refractivity contribution in [1.82, 2.24) is 4.31 Å². The molecule has 5 nitrogen and oxygen atoms in total. The normalized spacial score (nSPS) is 11.6. The van der Waals surface area contributed by atoms with E-state index in [0.29, 0.717) is 11.3 Å². The zero-order valence-corrected chi connectivity index (χ0v) is 14.9. The van der Waals surface area contributed by atoms with Gasteiger partial charge in [-0.25, -0.2) is 17.1 Å². The number of sulfonamides is 1. The van der Waals surface area contributed by atoms with Gasteiger partial charge in [-0.15, -0.1) is 0 Å². The van der Waals surface area contributed by atoms with Crippen LogP contribution in [0.1, 0.15) is 15.9 Å². The van der Waals surface area contributed by atoms with Crippen molar-refractivity contribution in [2.75, 3.05) is 19.4 Å². The zero-order valence-electron chi connectivity index (χ0n) is 13.3. The van der Waals surface area contributed by atoms with Gasteiger partial charge in [0.05, 0.1) is 15.5 Å². The van der Waals surface area contributed by atoms with E-state index in [1.807, 2.05) is 0 Å². The second-order valence-electron chi connectivity index (χ2n) is 5.34. The molecule has 0 atom stereocenters. The Labute approximate surface area is 145 Å². The maximum Gasteiger partial charge on any atom is 0.257 e. The fourth-order valence-corrected chi connectivity index (χ4v) is 3.15. The average Bonchev–Trinajstić information content (AvgIpc) is 2.48. The van der Waals surface area contributed by atoms with Crippen LogP contribution < -0.4 is 5.32 Å². The summed E-state index contributed by atoms with van der Waals surface area (Å²) in [7, 11) is -0.779. The van der Waals surface area contributed by atoms with E-state index in [9.17, 15) is 17.6 Å². The van der Waals surface area contributed by atoms with Gasteiger partial charge in [0.25, 0.3) is 5.91 Å². The minimum atomic E-state index is -3.62. The van der Waals surface area contributed by atoms with Crippen molar-refractivity contribution in [2.45, 2.75) is 11.8 Å². The van der Waals surface area contributed by atoms with Crippen molar-refractivity contribution in [1.29, 1.82) is 0 Å². The molecule has 0 saturated carbocycles. The third-order valence-corrected chi connectivity index (χ3v) is 5.54. The first-order valence-electron chi connectivity index (χ1n) is 6.92. The van der Waals surface area contributed by atoms with Crippen molar-refractivity contribution in [2.24, 2.45) is 0 Å². The largest absolute Gasteiger partial charge is 0.322 e. The van der Waals surface area contributed by atoms with Crippen LogP contribution in [0.2, 0.25) is 5.02 Å². The van der Waals surface area contributed by atoms with Gasteiger partial charge >= 0.3 is 0 Å². The lowest BCUT2D eigenvalue weighted by molar-refractivity contribution is 0.102. The van der Waals surface area contributed by atoms with E-state index in [0.717, 1.165) is 16.4 Å². The summed E-state index contributed by atoms with van der Waals surface area (Å²) in [6, 6.07) is 7.86. The van der Waals surface area contributed by atoms with Crippen LogP contribution in [0.5, 0.6) is 0 Å². The summed E-state index contributed by atoms with van der Waals surface area (Å²) in [6.45, 7) is 1.73. The predicted octanol–water partition coefficient (Wildman–Crippen LogP) is 3.29. The highest BCUT2D eigenvalue weighted by atomic mass is 35.5. The summed E-state index contributed by atoms with van der Waals surface area (Å²) < 4.78 is 38.5. The third kappa shape index (κ3) is 3.75. The summed E-state index contributed by atoms with van der Waals surface area (Å²) in [5.74, 6) is -1.10. The Hall–Kier alpha value is -1.96. The number of halogens is 2. The number of aryl methyl sites for hydroxylation is 1. The van der Waals surface area contributed by atoms with Gasteiger partial charge in [0.15, 0.2) is 0 Å². The molecule has 0 aliphatic heterocycles. The summed E-state index contributed by atoms with van der Waals surface area (Å²) in [5.41, 5.74) is 1.11. The number of carbonyl (C=O) groups excluding carboxylic acids is 1. The molecule has 24 heavy (non-hydrogen) atoms. The second-order valence-corrected chi connectivity index (χ2v) is 7.90. The van der Waals surface area contributed by atoms with Crippen LogP contribution >= 0.6 is 11.6 Å². The van der Waals surface area contributed by atoms with E-state index in [2.05, 4.69) is 5.32 Å². The van der Waals surface area contributed by atoms with Gasteiger partial charge in [-0.2, -0.15) is 0 Å². The van der Waals surface area contributed by atoms with Gasteiger partial charge in [-0.3, -0.25) is 4.79 Å². The molecule has 0 unspecified atom stereocenters. The molecule has 2 rings (SSSR count). The topological polar surface area (TPSA) is 66.5 Å². The van der Waals surface area contributed by atoms with Gasteiger partial charge in [0.1, 0.15) is 5.82 Å². The van der Waals surface area contributed by atoms with Gasteiger partial charge in [0.2, 0.25) is 10.0 Å². The lowest BCUT2D eigenvalue weighted by atomic mass is 10.1. The Morgan fingerprint density at radius 2 is 1.83 bits per heavy atom. The first-order chi connectivity index (χ1) is 11.1. The van der Waals surface area contributed by atoms with Crippen molar-refractivity contribution >= 4 is 33.2 Å². The molecule has 0 spiro atoms. The molecule has 8 heteroatoms. The summed E-state index contributed by atoms with van der Waals surface area (Å²) in [5, 5.41) is 2.58. The molecule has 0 heterocycles. The van der Waals surface area contributed by atoms with Gasteiger partial charge in [-0.05, 0) is 42.8 Å². The van der Waals surface area contributed by atoms with Gasteiger partial charge in [0, 0.05) is 19.8 Å². The molecule has 2 aromatic carbocycles. The molecule has 0 aliphatic rings. The number of rotatable bonds is 4. The fraction of sp³-hybridized carbons (Fsp3) is 0.188. The van der Waals surface area contributed by atoms with Crippen LogP contribution in [0.15, 0.2) is 41.3 Å². The first-order valence-corrected chi connectivity index (χ1v) is 8.74. The number of benzene rings is 2. The Kier molecular flexibility index (Phi) is 5.27. The number of hydrogen-bond acceptors (Lipinski definition) is 3. The molecule has 0 saturated heterocycles. The Balaban J connectivity index is 2.37. The van der Waals surface area contributed by atoms with E-state index >= 15 is 0 Å². The highest BCUT2D eigenvalue weighted by Gasteiger charge is 2.19.